The molecule has 2 unspecified atom stereocenters. The molecule has 2 aliphatic rings. The Labute approximate surface area is 126 Å². The van der Waals surface area contributed by atoms with Crippen molar-refractivity contribution in [3.63, 3.8) is 0 Å². The Morgan fingerprint density at radius 3 is 2.40 bits per heavy atom. The molecule has 0 N–H and O–H groups in total. The minimum absolute atomic E-state index is 0.0979. The number of hydrogen-bond acceptors (Lipinski definition) is 1. The van der Waals surface area contributed by atoms with Gasteiger partial charge >= 0.3 is 6.18 Å². The third-order valence-electron chi connectivity index (χ3n) is 4.59. The van der Waals surface area contributed by atoms with Crippen LogP contribution in [0.5, 0.6) is 0 Å². The van der Waals surface area contributed by atoms with E-state index >= 15 is 0 Å². The summed E-state index contributed by atoms with van der Waals surface area (Å²) in [5.41, 5.74) is 0. The average Bonchev–Trinajstić information content (AvgIpc) is 2.35. The zero-order chi connectivity index (χ0) is 14.9. The molecule has 0 spiro atoms. The Balaban J connectivity index is 1.94. The highest BCUT2D eigenvalue weighted by Gasteiger charge is 2.48. The van der Waals surface area contributed by atoms with Gasteiger partial charge in [-0.25, -0.2) is 0 Å². The van der Waals surface area contributed by atoms with Crippen molar-refractivity contribution >= 4 is 21.8 Å². The van der Waals surface area contributed by atoms with E-state index in [1.165, 1.54) is 4.90 Å². The molecular weight excluding hydrogens is 335 g/mol. The lowest BCUT2D eigenvalue weighted by molar-refractivity contribution is -0.200. The molecule has 0 aromatic carbocycles. The topological polar surface area (TPSA) is 20.3 Å². The van der Waals surface area contributed by atoms with Gasteiger partial charge in [0.25, 0.3) is 0 Å². The summed E-state index contributed by atoms with van der Waals surface area (Å²) in [6.07, 6.45) is -0.468. The van der Waals surface area contributed by atoms with Gasteiger partial charge in [0, 0.05) is 24.3 Å². The number of amides is 1. The molecule has 2 aliphatic carbocycles. The van der Waals surface area contributed by atoms with Crippen LogP contribution in [0.4, 0.5) is 13.2 Å². The SMILES string of the molecule is CN(CC1CC(Br)C1)C(=O)C1CCCCC1C(F)(F)F. The smallest absolute Gasteiger partial charge is 0.345 e. The highest BCUT2D eigenvalue weighted by molar-refractivity contribution is 9.09. The first-order valence-corrected chi connectivity index (χ1v) is 8.16. The number of alkyl halides is 4. The summed E-state index contributed by atoms with van der Waals surface area (Å²) in [4.78, 5) is 14.4. The van der Waals surface area contributed by atoms with Crippen LogP contribution in [0.3, 0.4) is 0 Å². The van der Waals surface area contributed by atoms with Gasteiger partial charge in [0.2, 0.25) is 5.91 Å². The zero-order valence-electron chi connectivity index (χ0n) is 11.6. The minimum Gasteiger partial charge on any atom is -0.345 e. The average molecular weight is 356 g/mol. The maximum atomic E-state index is 13.0. The summed E-state index contributed by atoms with van der Waals surface area (Å²) in [5.74, 6) is -2.20. The van der Waals surface area contributed by atoms with Crippen molar-refractivity contribution in [1.29, 1.82) is 0 Å². The second-order valence-corrected chi connectivity index (χ2v) is 7.49. The predicted molar refractivity (Wildman–Crippen MR) is 74.6 cm³/mol. The van der Waals surface area contributed by atoms with E-state index in [9.17, 15) is 18.0 Å². The summed E-state index contributed by atoms with van der Waals surface area (Å²) in [6.45, 7) is 0.585. The van der Waals surface area contributed by atoms with Gasteiger partial charge in [0.15, 0.2) is 0 Å². The predicted octanol–water partition coefficient (Wildman–Crippen LogP) is 3.99. The van der Waals surface area contributed by atoms with Crippen molar-refractivity contribution in [2.45, 2.75) is 49.5 Å². The summed E-state index contributed by atoms with van der Waals surface area (Å²) >= 11 is 3.49. The Kier molecular flexibility index (Phi) is 5.03. The molecule has 1 amide bonds. The van der Waals surface area contributed by atoms with Crippen molar-refractivity contribution in [2.75, 3.05) is 13.6 Å². The maximum absolute atomic E-state index is 13.0. The summed E-state index contributed by atoms with van der Waals surface area (Å²) in [5, 5.41) is 0. The highest BCUT2D eigenvalue weighted by Crippen LogP contribution is 2.42. The number of carbonyl (C=O) groups excluding carboxylic acids is 1. The van der Waals surface area contributed by atoms with E-state index in [2.05, 4.69) is 15.9 Å². The molecule has 116 valence electrons. The first-order chi connectivity index (χ1) is 9.29. The van der Waals surface area contributed by atoms with Crippen molar-refractivity contribution < 1.29 is 18.0 Å². The van der Waals surface area contributed by atoms with Crippen LogP contribution in [0, 0.1) is 17.8 Å². The van der Waals surface area contributed by atoms with E-state index in [-0.39, 0.29) is 12.3 Å². The largest absolute Gasteiger partial charge is 0.392 e. The van der Waals surface area contributed by atoms with Crippen LogP contribution in [0.15, 0.2) is 0 Å². The van der Waals surface area contributed by atoms with Crippen LogP contribution in [0.25, 0.3) is 0 Å². The Morgan fingerprint density at radius 2 is 1.85 bits per heavy atom. The Morgan fingerprint density at radius 1 is 1.25 bits per heavy atom. The Hall–Kier alpha value is -0.260. The zero-order valence-corrected chi connectivity index (χ0v) is 13.2. The fourth-order valence-corrected chi connectivity index (χ4v) is 4.44. The lowest BCUT2D eigenvalue weighted by Crippen LogP contribution is -2.45. The first kappa shape index (κ1) is 16.1. The van der Waals surface area contributed by atoms with Crippen LogP contribution in [0.1, 0.15) is 38.5 Å². The van der Waals surface area contributed by atoms with Gasteiger partial charge in [-0.05, 0) is 31.6 Å². The molecule has 0 saturated heterocycles. The summed E-state index contributed by atoms with van der Waals surface area (Å²) in [6, 6.07) is 0. The van der Waals surface area contributed by atoms with E-state index in [1.807, 2.05) is 0 Å². The fourth-order valence-electron chi connectivity index (χ4n) is 3.38. The molecule has 0 aromatic heterocycles. The summed E-state index contributed by atoms with van der Waals surface area (Å²) in [7, 11) is 1.64. The normalized spacial score (nSPS) is 34.5. The van der Waals surface area contributed by atoms with Crippen molar-refractivity contribution in [3.8, 4) is 0 Å². The molecule has 0 aliphatic heterocycles. The quantitative estimate of drug-likeness (QED) is 0.701. The van der Waals surface area contributed by atoms with E-state index in [0.29, 0.717) is 30.1 Å². The van der Waals surface area contributed by atoms with Gasteiger partial charge in [-0.2, -0.15) is 13.2 Å². The number of nitrogens with zero attached hydrogens (tertiary/aromatic N) is 1. The first-order valence-electron chi connectivity index (χ1n) is 7.24. The molecular formula is C14H21BrF3NO. The molecule has 6 heteroatoms. The van der Waals surface area contributed by atoms with Crippen molar-refractivity contribution in [2.24, 2.45) is 17.8 Å². The third-order valence-corrected chi connectivity index (χ3v) is 5.34. The minimum atomic E-state index is -4.25. The lowest BCUT2D eigenvalue weighted by Gasteiger charge is -2.38. The second-order valence-electron chi connectivity index (χ2n) is 6.19. The standard InChI is InChI=1S/C14H21BrF3NO/c1-19(8-9-6-10(15)7-9)13(20)11-4-2-3-5-12(11)14(16,17)18/h9-12H,2-8H2,1H3. The van der Waals surface area contributed by atoms with Gasteiger partial charge in [-0.15, -0.1) is 0 Å². The molecule has 0 heterocycles. The molecule has 2 saturated carbocycles. The number of carbonyl (C=O) groups is 1. The van der Waals surface area contributed by atoms with Crippen LogP contribution in [0.2, 0.25) is 0 Å². The summed E-state index contributed by atoms with van der Waals surface area (Å²) < 4.78 is 39.1. The molecule has 2 nitrogen and oxygen atoms in total. The van der Waals surface area contributed by atoms with Gasteiger partial charge in [0.1, 0.15) is 0 Å². The highest BCUT2D eigenvalue weighted by atomic mass is 79.9. The van der Waals surface area contributed by atoms with E-state index in [4.69, 9.17) is 0 Å². The van der Waals surface area contributed by atoms with Gasteiger partial charge in [-0.3, -0.25) is 4.79 Å². The maximum Gasteiger partial charge on any atom is 0.392 e. The molecule has 2 atom stereocenters. The molecule has 0 bridgehead atoms. The number of halogens is 4. The van der Waals surface area contributed by atoms with Gasteiger partial charge in [-0.1, -0.05) is 28.8 Å². The van der Waals surface area contributed by atoms with Crippen LogP contribution in [-0.2, 0) is 4.79 Å². The molecule has 0 radical (unpaired) electrons. The number of hydrogen-bond donors (Lipinski definition) is 0. The third kappa shape index (κ3) is 3.68. The van der Waals surface area contributed by atoms with Crippen molar-refractivity contribution in [3.05, 3.63) is 0 Å². The molecule has 0 aromatic rings. The Bertz CT molecular complexity index is 355. The van der Waals surface area contributed by atoms with E-state index in [0.717, 1.165) is 19.3 Å². The monoisotopic (exact) mass is 355 g/mol. The van der Waals surface area contributed by atoms with E-state index < -0.39 is 18.0 Å². The van der Waals surface area contributed by atoms with Crippen molar-refractivity contribution in [1.82, 2.24) is 4.90 Å². The molecule has 2 fully saturated rings. The van der Waals surface area contributed by atoms with Gasteiger partial charge in [0.05, 0.1) is 5.92 Å². The second kappa shape index (κ2) is 6.24. The molecule has 20 heavy (non-hydrogen) atoms. The lowest BCUT2D eigenvalue weighted by atomic mass is 9.77. The van der Waals surface area contributed by atoms with Gasteiger partial charge < -0.3 is 4.90 Å². The fraction of sp³-hybridized carbons (Fsp3) is 0.929. The number of rotatable bonds is 3. The molecule has 2 rings (SSSR count). The van der Waals surface area contributed by atoms with E-state index in [1.54, 1.807) is 7.05 Å². The van der Waals surface area contributed by atoms with Crippen LogP contribution < -0.4 is 0 Å². The van der Waals surface area contributed by atoms with Crippen LogP contribution >= 0.6 is 15.9 Å². The van der Waals surface area contributed by atoms with Crippen LogP contribution in [-0.4, -0.2) is 35.4 Å².